The molecule has 0 atom stereocenters. The third-order valence-corrected chi connectivity index (χ3v) is 2.50. The highest BCUT2D eigenvalue weighted by atomic mass is 19.1. The summed E-state index contributed by atoms with van der Waals surface area (Å²) in [5.74, 6) is -0.166. The molecule has 0 radical (unpaired) electrons. The van der Waals surface area contributed by atoms with Gasteiger partial charge in [0.25, 0.3) is 0 Å². The van der Waals surface area contributed by atoms with E-state index in [1.54, 1.807) is 0 Å². The molecule has 0 aliphatic carbocycles. The van der Waals surface area contributed by atoms with Crippen LogP contribution in [-0.4, -0.2) is 13.1 Å². The van der Waals surface area contributed by atoms with Gasteiger partial charge in [-0.05, 0) is 49.2 Å². The van der Waals surface area contributed by atoms with Crippen molar-refractivity contribution in [2.45, 2.75) is 12.8 Å². The minimum Gasteiger partial charge on any atom is -0.316 e. The minimum atomic E-state index is -0.166. The third kappa shape index (κ3) is 2.20. The first-order valence-corrected chi connectivity index (χ1v) is 5.02. The Morgan fingerprint density at radius 2 is 1.86 bits per heavy atom. The summed E-state index contributed by atoms with van der Waals surface area (Å²) in [6, 6.07) is 6.75. The fourth-order valence-electron chi connectivity index (χ4n) is 1.72. The maximum absolute atomic E-state index is 12.7. The Kier molecular flexibility index (Phi) is 2.94. The highest BCUT2D eigenvalue weighted by Gasteiger charge is 2.04. The van der Waals surface area contributed by atoms with Gasteiger partial charge in [0, 0.05) is 0 Å². The molecule has 1 heterocycles. The molecule has 74 valence electrons. The summed E-state index contributed by atoms with van der Waals surface area (Å²) in [7, 11) is 0. The first-order chi connectivity index (χ1) is 6.86. The zero-order chi connectivity index (χ0) is 9.80. The normalized spacial score (nSPS) is 17.4. The molecule has 0 spiro atoms. The van der Waals surface area contributed by atoms with E-state index in [9.17, 15) is 4.39 Å². The van der Waals surface area contributed by atoms with E-state index in [-0.39, 0.29) is 5.82 Å². The van der Waals surface area contributed by atoms with Crippen LogP contribution in [0, 0.1) is 5.82 Å². The summed E-state index contributed by atoms with van der Waals surface area (Å²) in [6.45, 7) is 2.06. The molecule has 2 rings (SSSR count). The van der Waals surface area contributed by atoms with Gasteiger partial charge in [-0.2, -0.15) is 0 Å². The summed E-state index contributed by atoms with van der Waals surface area (Å²) in [5.41, 5.74) is 2.48. The quantitative estimate of drug-likeness (QED) is 0.719. The summed E-state index contributed by atoms with van der Waals surface area (Å²) in [5, 5.41) is 3.33. The second-order valence-corrected chi connectivity index (χ2v) is 3.52. The molecule has 1 aromatic rings. The van der Waals surface area contributed by atoms with Crippen molar-refractivity contribution in [1.29, 1.82) is 0 Å². The molecule has 1 aromatic carbocycles. The number of halogens is 1. The maximum Gasteiger partial charge on any atom is 0.123 e. The smallest absolute Gasteiger partial charge is 0.123 e. The standard InChI is InChI=1S/C12H14FN/c13-12-5-3-11(4-6-12)10-2-1-8-14-9-7-10/h2-6,14H,1,7-9H2. The van der Waals surface area contributed by atoms with Gasteiger partial charge in [-0.15, -0.1) is 0 Å². The van der Waals surface area contributed by atoms with Crippen LogP contribution in [0.4, 0.5) is 4.39 Å². The van der Waals surface area contributed by atoms with Crippen LogP contribution in [-0.2, 0) is 0 Å². The van der Waals surface area contributed by atoms with Crippen molar-refractivity contribution in [3.63, 3.8) is 0 Å². The van der Waals surface area contributed by atoms with Crippen LogP contribution < -0.4 is 5.32 Å². The van der Waals surface area contributed by atoms with Crippen molar-refractivity contribution < 1.29 is 4.39 Å². The van der Waals surface area contributed by atoms with Gasteiger partial charge in [-0.1, -0.05) is 18.2 Å². The van der Waals surface area contributed by atoms with E-state index in [0.29, 0.717) is 0 Å². The average molecular weight is 191 g/mol. The molecule has 1 nitrogen and oxygen atoms in total. The molecular formula is C12H14FN. The molecule has 0 amide bonds. The average Bonchev–Trinajstić information content (AvgIpc) is 2.47. The summed E-state index contributed by atoms with van der Waals surface area (Å²) >= 11 is 0. The van der Waals surface area contributed by atoms with Gasteiger partial charge in [0.15, 0.2) is 0 Å². The van der Waals surface area contributed by atoms with Gasteiger partial charge >= 0.3 is 0 Å². The van der Waals surface area contributed by atoms with Crippen LogP contribution in [0.25, 0.3) is 5.57 Å². The van der Waals surface area contributed by atoms with Crippen LogP contribution >= 0.6 is 0 Å². The predicted octanol–water partition coefficient (Wildman–Crippen LogP) is 2.59. The predicted molar refractivity (Wildman–Crippen MR) is 56.5 cm³/mol. The lowest BCUT2D eigenvalue weighted by atomic mass is 10.0. The van der Waals surface area contributed by atoms with Crippen molar-refractivity contribution in [2.24, 2.45) is 0 Å². The zero-order valence-electron chi connectivity index (χ0n) is 8.09. The van der Waals surface area contributed by atoms with Gasteiger partial charge in [-0.25, -0.2) is 4.39 Å². The van der Waals surface area contributed by atoms with E-state index < -0.39 is 0 Å². The molecule has 1 aliphatic heterocycles. The van der Waals surface area contributed by atoms with Crippen LogP contribution in [0.5, 0.6) is 0 Å². The van der Waals surface area contributed by atoms with Gasteiger partial charge in [0.1, 0.15) is 5.82 Å². The van der Waals surface area contributed by atoms with Gasteiger partial charge < -0.3 is 5.32 Å². The Morgan fingerprint density at radius 1 is 1.07 bits per heavy atom. The monoisotopic (exact) mass is 191 g/mol. The van der Waals surface area contributed by atoms with Crippen molar-refractivity contribution in [1.82, 2.24) is 5.32 Å². The third-order valence-electron chi connectivity index (χ3n) is 2.50. The molecule has 1 N–H and O–H groups in total. The van der Waals surface area contributed by atoms with Gasteiger partial charge in [0.05, 0.1) is 0 Å². The van der Waals surface area contributed by atoms with E-state index in [1.165, 1.54) is 17.7 Å². The first kappa shape index (κ1) is 9.41. The second kappa shape index (κ2) is 4.38. The summed E-state index contributed by atoms with van der Waals surface area (Å²) < 4.78 is 12.7. The van der Waals surface area contributed by atoms with Gasteiger partial charge in [0.2, 0.25) is 0 Å². The Morgan fingerprint density at radius 3 is 2.64 bits per heavy atom. The molecule has 1 aliphatic rings. The Hall–Kier alpha value is -1.15. The van der Waals surface area contributed by atoms with E-state index in [4.69, 9.17) is 0 Å². The molecule has 14 heavy (non-hydrogen) atoms. The second-order valence-electron chi connectivity index (χ2n) is 3.52. The van der Waals surface area contributed by atoms with Crippen molar-refractivity contribution in [3.8, 4) is 0 Å². The van der Waals surface area contributed by atoms with Crippen molar-refractivity contribution in [2.75, 3.05) is 13.1 Å². The van der Waals surface area contributed by atoms with E-state index >= 15 is 0 Å². The summed E-state index contributed by atoms with van der Waals surface area (Å²) in [4.78, 5) is 0. The lowest BCUT2D eigenvalue weighted by Gasteiger charge is -2.04. The van der Waals surface area contributed by atoms with Crippen LogP contribution in [0.15, 0.2) is 30.3 Å². The largest absolute Gasteiger partial charge is 0.316 e. The Labute approximate surface area is 83.6 Å². The molecule has 0 saturated carbocycles. The van der Waals surface area contributed by atoms with Crippen molar-refractivity contribution in [3.05, 3.63) is 41.7 Å². The van der Waals surface area contributed by atoms with E-state index in [0.717, 1.165) is 31.5 Å². The topological polar surface area (TPSA) is 12.0 Å². The molecular weight excluding hydrogens is 177 g/mol. The molecule has 0 aromatic heterocycles. The fourth-order valence-corrected chi connectivity index (χ4v) is 1.72. The number of hydrogen-bond acceptors (Lipinski definition) is 1. The molecule has 0 bridgehead atoms. The SMILES string of the molecule is Fc1ccc(C2=CCCNCC2)cc1. The van der Waals surface area contributed by atoms with Crippen LogP contribution in [0.1, 0.15) is 18.4 Å². The highest BCUT2D eigenvalue weighted by Crippen LogP contribution is 2.19. The van der Waals surface area contributed by atoms with E-state index in [1.807, 2.05) is 12.1 Å². The molecule has 0 fully saturated rings. The number of hydrogen-bond donors (Lipinski definition) is 1. The highest BCUT2D eigenvalue weighted by molar-refractivity contribution is 5.65. The Bertz CT molecular complexity index is 327. The summed E-state index contributed by atoms with van der Waals surface area (Å²) in [6.07, 6.45) is 4.34. The lowest BCUT2D eigenvalue weighted by molar-refractivity contribution is 0.627. The molecule has 2 heteroatoms. The lowest BCUT2D eigenvalue weighted by Crippen LogP contribution is -2.13. The number of nitrogens with one attached hydrogen (secondary N) is 1. The van der Waals surface area contributed by atoms with Crippen molar-refractivity contribution >= 4 is 5.57 Å². The minimum absolute atomic E-state index is 0.166. The first-order valence-electron chi connectivity index (χ1n) is 5.02. The molecule has 0 saturated heterocycles. The van der Waals surface area contributed by atoms with E-state index in [2.05, 4.69) is 11.4 Å². The fraction of sp³-hybridized carbons (Fsp3) is 0.333. The zero-order valence-corrected chi connectivity index (χ0v) is 8.09. The van der Waals surface area contributed by atoms with Gasteiger partial charge in [-0.3, -0.25) is 0 Å². The van der Waals surface area contributed by atoms with Crippen LogP contribution in [0.3, 0.4) is 0 Å². The number of rotatable bonds is 1. The maximum atomic E-state index is 12.7. The molecule has 0 unspecified atom stereocenters. The Balaban J connectivity index is 2.20. The number of benzene rings is 1. The van der Waals surface area contributed by atoms with Crippen LogP contribution in [0.2, 0.25) is 0 Å².